The number of ether oxygens (including phenoxy) is 2. The van der Waals surface area contributed by atoms with E-state index in [0.29, 0.717) is 79.0 Å². The van der Waals surface area contributed by atoms with Crippen molar-refractivity contribution in [2.45, 2.75) is 84.3 Å². The fourth-order valence-corrected chi connectivity index (χ4v) is 8.31. The zero-order chi connectivity index (χ0) is 34.1. The summed E-state index contributed by atoms with van der Waals surface area (Å²) in [6.45, 7) is 12.6. The molecule has 14 heteroatoms. The number of carbonyl (C=O) groups is 1. The van der Waals surface area contributed by atoms with Crippen LogP contribution in [-0.4, -0.2) is 107 Å². The number of alkyl halides is 3. The highest BCUT2D eigenvalue weighted by Crippen LogP contribution is 2.52. The average molecular weight is 699 g/mol. The number of hydrogen-bond donors (Lipinski definition) is 2. The lowest BCUT2D eigenvalue weighted by Gasteiger charge is -2.45. The quantitative estimate of drug-likeness (QED) is 0.385. The van der Waals surface area contributed by atoms with Gasteiger partial charge in [0.1, 0.15) is 6.10 Å². The van der Waals surface area contributed by atoms with Crippen LogP contribution < -0.4 is 10.6 Å². The van der Waals surface area contributed by atoms with Gasteiger partial charge < -0.3 is 34.8 Å². The monoisotopic (exact) mass is 698 g/mol. The Kier molecular flexibility index (Phi) is 11.2. The summed E-state index contributed by atoms with van der Waals surface area (Å²) < 4.78 is 52.4. The van der Waals surface area contributed by atoms with Gasteiger partial charge in [-0.25, -0.2) is 0 Å². The summed E-state index contributed by atoms with van der Waals surface area (Å²) in [4.78, 5) is 25.1. The molecule has 1 saturated carbocycles. The van der Waals surface area contributed by atoms with E-state index in [1.807, 2.05) is 0 Å². The summed E-state index contributed by atoms with van der Waals surface area (Å²) in [5.74, 6) is 0.746. The molecule has 4 aliphatic rings. The molecule has 0 unspecified atom stereocenters. The summed E-state index contributed by atoms with van der Waals surface area (Å²) in [5, 5.41) is 8.14. The first-order chi connectivity index (χ1) is 22.2. The number of rotatable bonds is 8. The number of halogens is 3. The predicted molar refractivity (Wildman–Crippen MR) is 182 cm³/mol. The topological polar surface area (TPSA) is 82.2 Å². The Bertz CT molecular complexity index is 1320. The fraction of sp³-hybridized carbons (Fsp3) is 0.758. The molecule has 0 aromatic carbocycles. The third-order valence-electron chi connectivity index (χ3n) is 10.1. The number of hydrogen-bond acceptors (Lipinski definition) is 6. The first-order valence-electron chi connectivity index (χ1n) is 16.8. The van der Waals surface area contributed by atoms with Crippen molar-refractivity contribution in [2.75, 3.05) is 53.0 Å². The van der Waals surface area contributed by atoms with Crippen LogP contribution in [0.1, 0.15) is 63.8 Å². The van der Waals surface area contributed by atoms with Crippen LogP contribution in [0.4, 0.5) is 13.2 Å². The van der Waals surface area contributed by atoms with Crippen LogP contribution in [0.15, 0.2) is 12.3 Å². The van der Waals surface area contributed by atoms with Crippen LogP contribution in [-0.2, 0) is 33.4 Å². The Balaban J connectivity index is 1.45. The Morgan fingerprint density at radius 1 is 1.19 bits per heavy atom. The molecule has 1 aromatic heterocycles. The number of amides is 1. The number of fused-ring (bicyclic) bond motifs is 2. The summed E-state index contributed by atoms with van der Waals surface area (Å²) >= 11 is 11.9. The van der Waals surface area contributed by atoms with E-state index in [4.69, 9.17) is 33.9 Å². The van der Waals surface area contributed by atoms with Crippen molar-refractivity contribution in [3.63, 3.8) is 0 Å². The van der Waals surface area contributed by atoms with Gasteiger partial charge in [0.05, 0.1) is 23.6 Å². The van der Waals surface area contributed by atoms with Crippen molar-refractivity contribution in [2.24, 2.45) is 23.2 Å². The number of carbonyl (C=O) groups excluding carboxylic acids is 1. The molecule has 0 bridgehead atoms. The Morgan fingerprint density at radius 3 is 2.60 bits per heavy atom. The smallest absolute Gasteiger partial charge is 0.379 e. The lowest BCUT2D eigenvalue weighted by Crippen LogP contribution is -2.59. The second-order valence-electron chi connectivity index (χ2n) is 14.4. The lowest BCUT2D eigenvalue weighted by atomic mass is 9.78. The normalized spacial score (nSPS) is 27.5. The molecule has 1 aliphatic carbocycles. The number of pyridine rings is 1. The van der Waals surface area contributed by atoms with Crippen molar-refractivity contribution < 1.29 is 27.4 Å². The second-order valence-corrected chi connectivity index (χ2v) is 15.2. The molecule has 2 N–H and O–H groups in total. The van der Waals surface area contributed by atoms with Crippen molar-refractivity contribution >= 4 is 40.6 Å². The highest BCUT2D eigenvalue weighted by Gasteiger charge is 2.61. The van der Waals surface area contributed by atoms with Gasteiger partial charge >= 0.3 is 6.18 Å². The molecule has 5 rings (SSSR count). The Labute approximate surface area is 287 Å². The maximum atomic E-state index is 14.9. The van der Waals surface area contributed by atoms with Crippen molar-refractivity contribution in [3.05, 3.63) is 29.1 Å². The van der Waals surface area contributed by atoms with Crippen LogP contribution in [0.5, 0.6) is 0 Å². The molecule has 0 spiro atoms. The number of aromatic nitrogens is 1. The number of likely N-dealkylation sites (tertiary alicyclic amines) is 1. The SMILES string of the molecule is CO[C@@H]1COCC[C@@H]1N(C(=S)NCC(C)C)[C@@H]1C[C@H]2CN(C(=S)NCC(C)C)C[C@@]2(C(=O)N2CCc3ncc(C(F)(F)F)cc3C2)C1. The first-order valence-corrected chi connectivity index (χ1v) is 17.6. The van der Waals surface area contributed by atoms with E-state index in [0.717, 1.165) is 38.2 Å². The summed E-state index contributed by atoms with van der Waals surface area (Å²) in [6.07, 6.45) is -1.34. The van der Waals surface area contributed by atoms with Gasteiger partial charge in [-0.05, 0) is 73.1 Å². The molecular weight excluding hydrogens is 650 g/mol. The van der Waals surface area contributed by atoms with Gasteiger partial charge in [0.25, 0.3) is 0 Å². The minimum atomic E-state index is -4.50. The predicted octanol–water partition coefficient (Wildman–Crippen LogP) is 4.23. The number of nitrogens with one attached hydrogen (secondary N) is 2. The van der Waals surface area contributed by atoms with Gasteiger partial charge in [-0.15, -0.1) is 0 Å². The standard InChI is InChI=1S/C33H49F3N6O3S2/c1-20(2)13-38-30(46)41-17-24-11-25(42(31(47)39-14-21(3)4)27-7-9-45-18-28(27)44-5)12-32(24,19-41)29(43)40-8-6-26-22(16-40)10-23(15-37-26)33(34,35)36/h10,15,20-21,24-25,27-28H,6-9,11-14,16-19H2,1-5H3,(H,38,46)(H,39,47)/t24-,25+,27-,28+,32-/m0/s1. The van der Waals surface area contributed by atoms with Gasteiger partial charge in [0, 0.05) is 77.3 Å². The van der Waals surface area contributed by atoms with E-state index in [2.05, 4.69) is 53.1 Å². The van der Waals surface area contributed by atoms with Gasteiger partial charge in [0.2, 0.25) is 5.91 Å². The van der Waals surface area contributed by atoms with E-state index in [1.165, 1.54) is 0 Å². The minimum absolute atomic E-state index is 0.0175. The molecule has 5 atom stereocenters. The van der Waals surface area contributed by atoms with Crippen LogP contribution in [0.3, 0.4) is 0 Å². The van der Waals surface area contributed by atoms with E-state index in [-0.39, 0.29) is 36.6 Å². The highest BCUT2D eigenvalue weighted by atomic mass is 32.1. The van der Waals surface area contributed by atoms with E-state index >= 15 is 0 Å². The van der Waals surface area contributed by atoms with Crippen LogP contribution in [0, 0.1) is 23.2 Å². The summed E-state index contributed by atoms with van der Waals surface area (Å²) in [7, 11) is 1.69. The van der Waals surface area contributed by atoms with E-state index in [1.54, 1.807) is 12.0 Å². The molecule has 4 heterocycles. The molecule has 0 radical (unpaired) electrons. The number of nitrogens with zero attached hydrogens (tertiary/aromatic N) is 4. The largest absolute Gasteiger partial charge is 0.417 e. The molecule has 262 valence electrons. The molecular formula is C33H49F3N6O3S2. The molecule has 2 saturated heterocycles. The molecule has 9 nitrogen and oxygen atoms in total. The summed E-state index contributed by atoms with van der Waals surface area (Å²) in [6, 6.07) is 1.10. The van der Waals surface area contributed by atoms with E-state index in [9.17, 15) is 18.0 Å². The van der Waals surface area contributed by atoms with Crippen molar-refractivity contribution in [3.8, 4) is 0 Å². The molecule has 3 fully saturated rings. The maximum Gasteiger partial charge on any atom is 0.417 e. The van der Waals surface area contributed by atoms with Gasteiger partial charge in [-0.2, -0.15) is 13.2 Å². The van der Waals surface area contributed by atoms with Crippen molar-refractivity contribution in [1.82, 2.24) is 30.3 Å². The van der Waals surface area contributed by atoms with Gasteiger partial charge in [-0.1, -0.05) is 27.7 Å². The molecule has 47 heavy (non-hydrogen) atoms. The zero-order valence-corrected chi connectivity index (χ0v) is 29.7. The van der Waals surface area contributed by atoms with E-state index < -0.39 is 17.2 Å². The number of methoxy groups -OCH3 is 1. The fourth-order valence-electron chi connectivity index (χ4n) is 7.72. The van der Waals surface area contributed by atoms with Crippen molar-refractivity contribution in [1.29, 1.82) is 0 Å². The maximum absolute atomic E-state index is 14.9. The second kappa shape index (κ2) is 14.7. The molecule has 1 amide bonds. The first kappa shape index (κ1) is 36.0. The Morgan fingerprint density at radius 2 is 1.91 bits per heavy atom. The highest BCUT2D eigenvalue weighted by molar-refractivity contribution is 7.80. The van der Waals surface area contributed by atoms with Crippen LogP contribution >= 0.6 is 24.4 Å². The van der Waals surface area contributed by atoms with Gasteiger partial charge in [0.15, 0.2) is 10.2 Å². The third-order valence-corrected chi connectivity index (χ3v) is 10.9. The minimum Gasteiger partial charge on any atom is -0.379 e. The lowest BCUT2D eigenvalue weighted by molar-refractivity contribution is -0.144. The van der Waals surface area contributed by atoms with Crippen LogP contribution in [0.25, 0.3) is 0 Å². The molecule has 1 aromatic rings. The zero-order valence-electron chi connectivity index (χ0n) is 28.1. The third kappa shape index (κ3) is 7.80. The average Bonchev–Trinajstić information content (AvgIpc) is 3.57. The molecule has 3 aliphatic heterocycles. The summed E-state index contributed by atoms with van der Waals surface area (Å²) in [5.41, 5.74) is -0.499. The van der Waals surface area contributed by atoms with Crippen LogP contribution in [0.2, 0.25) is 0 Å². The Hall–Kier alpha value is -2.29. The number of thiocarbonyl (C=S) groups is 2. The van der Waals surface area contributed by atoms with Gasteiger partial charge in [-0.3, -0.25) is 9.78 Å².